The molecule has 3 saturated heterocycles. The van der Waals surface area contributed by atoms with Crippen LogP contribution in [0.2, 0.25) is 0 Å². The second kappa shape index (κ2) is 17.5. The van der Waals surface area contributed by atoms with Crippen molar-refractivity contribution >= 4 is 74.7 Å². The summed E-state index contributed by atoms with van der Waals surface area (Å²) in [6.07, 6.45) is -6.61. The Morgan fingerprint density at radius 1 is 1.05 bits per heavy atom. The maximum Gasteiger partial charge on any atom is 0.336 e. The fourth-order valence-electron chi connectivity index (χ4n) is 7.00. The van der Waals surface area contributed by atoms with E-state index in [9.17, 15) is 22.8 Å². The molecule has 0 radical (unpaired) electrons. The molecule has 9 atom stereocenters. The highest BCUT2D eigenvalue weighted by Crippen LogP contribution is 2.55. The van der Waals surface area contributed by atoms with Gasteiger partial charge >= 0.3 is 17.0 Å². The number of aromatic nitrogens is 8. The minimum absolute atomic E-state index is 0.114. The number of hydrogen-bond acceptors (Lipinski definition) is 17. The number of rotatable bonds is 9. The molecule has 0 aliphatic carbocycles. The Morgan fingerprint density at radius 2 is 1.77 bits per heavy atom. The number of alkyl halides is 1. The first-order chi connectivity index (χ1) is 29.6. The third kappa shape index (κ3) is 8.73. The van der Waals surface area contributed by atoms with Crippen molar-refractivity contribution in [1.82, 2.24) is 43.8 Å². The molecule has 5 aromatic rings. The van der Waals surface area contributed by atoms with Gasteiger partial charge in [-0.25, -0.2) is 35.1 Å². The summed E-state index contributed by atoms with van der Waals surface area (Å²) in [7, 11) is -4.78. The summed E-state index contributed by atoms with van der Waals surface area (Å²) < 4.78 is 85.0. The number of hydrogen-bond donors (Lipinski definition) is 4. The summed E-state index contributed by atoms with van der Waals surface area (Å²) in [6.45, 7) is 6.94. The smallest absolute Gasteiger partial charge is 0.336 e. The van der Waals surface area contributed by atoms with Gasteiger partial charge in [0.25, 0.3) is 11.5 Å². The number of fused-ring (bicyclic) bond motifs is 4. The Hall–Kier alpha value is -5.20. The first kappa shape index (κ1) is 43.4. The predicted octanol–water partition coefficient (Wildman–Crippen LogP) is 2.37. The molecule has 328 valence electrons. The van der Waals surface area contributed by atoms with Crippen LogP contribution in [0.1, 0.15) is 43.6 Å². The first-order valence-electron chi connectivity index (χ1n) is 19.0. The van der Waals surface area contributed by atoms with Crippen molar-refractivity contribution < 1.29 is 49.6 Å². The molecule has 0 spiro atoms. The van der Waals surface area contributed by atoms with Crippen LogP contribution in [0, 0.1) is 18.4 Å². The van der Waals surface area contributed by atoms with E-state index < -0.39 is 102 Å². The number of amides is 2. The monoisotopic (exact) mass is 916 g/mol. The molecule has 1 unspecified atom stereocenters. The van der Waals surface area contributed by atoms with Crippen molar-refractivity contribution in [3.05, 3.63) is 76.6 Å². The fourth-order valence-corrected chi connectivity index (χ4v) is 10.1. The second-order valence-corrected chi connectivity index (χ2v) is 18.9. The van der Waals surface area contributed by atoms with Crippen LogP contribution in [0.25, 0.3) is 27.2 Å². The number of anilines is 2. The average molecular weight is 917 g/mol. The first-order valence-corrected chi connectivity index (χ1v) is 23.0. The molecule has 3 aliphatic heterocycles. The van der Waals surface area contributed by atoms with E-state index in [1.807, 2.05) is 0 Å². The van der Waals surface area contributed by atoms with Gasteiger partial charge in [0.1, 0.15) is 43.6 Å². The van der Waals surface area contributed by atoms with Gasteiger partial charge in [0.15, 0.2) is 40.5 Å². The molecule has 8 rings (SSSR count). The summed E-state index contributed by atoms with van der Waals surface area (Å²) in [5.74, 6) is -2.10. The number of H-pyrrole nitrogens is 1. The summed E-state index contributed by atoms with van der Waals surface area (Å²) in [5, 5.41) is 5.22. The number of aromatic amines is 1. The van der Waals surface area contributed by atoms with E-state index >= 15 is 4.39 Å². The van der Waals surface area contributed by atoms with E-state index in [0.29, 0.717) is 5.56 Å². The lowest BCUT2D eigenvalue weighted by Gasteiger charge is -2.31. The molecule has 4 aromatic heterocycles. The lowest BCUT2D eigenvalue weighted by atomic mass is 10.0. The molecule has 2 amide bonds. The van der Waals surface area contributed by atoms with E-state index in [2.05, 4.69) is 50.1 Å². The van der Waals surface area contributed by atoms with Crippen molar-refractivity contribution in [2.24, 2.45) is 11.8 Å². The summed E-state index contributed by atoms with van der Waals surface area (Å²) in [4.78, 5) is 65.3. The van der Waals surface area contributed by atoms with E-state index in [-0.39, 0.29) is 47.2 Å². The Morgan fingerprint density at radius 3 is 2.52 bits per heavy atom. The molecular weight excluding hydrogens is 879 g/mol. The Kier molecular flexibility index (Phi) is 12.3. The van der Waals surface area contributed by atoms with Gasteiger partial charge in [-0.2, -0.15) is 18.1 Å². The maximum absolute atomic E-state index is 16.6. The van der Waals surface area contributed by atoms with Crippen LogP contribution in [0.15, 0.2) is 54.1 Å². The lowest BCUT2D eigenvalue weighted by Crippen LogP contribution is -2.44. The standard InChI is InChI=1S/C35H38FN12O11PS2/c1-17(2)30(49)45-35-44-29-24(32(51)46-35)41-16-48(29)34-22(36)26-21(57-34)13-55-60(61,54-11-10-37-4)58-25-18(3)33(56-20(25)12-42-62(52,53)59-26)47-15-40-23-27(38-14-39-28(23)47)43-31(50)19-8-6-5-7-9-19/h5-9,14-18,20-22,25-26,33-34,42H,10-13H2,1-3H3,(H,38,39,43,50)(H2,44,45,46,49,51)/t18-,20-,21-,22-,25+,26-,33-,34-,60?/m1/s1. The third-order valence-electron chi connectivity index (χ3n) is 10.1. The molecule has 62 heavy (non-hydrogen) atoms. The SMILES string of the molecule is [C-]#[N+]CCOP1(=S)OC[C@H]2O[C@@H](n3cnc4c(=O)[nH]c(NC(=O)C(C)C)nc43)[C@H](F)[C@@H]2OS(=O)(=O)NC[C@H]2O[C@@H](n3cnc4c(NC(=O)c5ccccc5)ncnc43)[C@H](C)[C@@H]2O1. The van der Waals surface area contributed by atoms with E-state index in [1.165, 1.54) is 12.7 Å². The van der Waals surface area contributed by atoms with Crippen molar-refractivity contribution in [2.45, 2.75) is 63.8 Å². The molecule has 0 saturated carbocycles. The molecule has 4 N–H and O–H groups in total. The van der Waals surface area contributed by atoms with E-state index in [0.717, 1.165) is 10.9 Å². The molecule has 23 nitrogen and oxygen atoms in total. The number of ether oxygens (including phenoxy) is 2. The Balaban J connectivity index is 1.07. The van der Waals surface area contributed by atoms with Crippen LogP contribution < -0.4 is 20.9 Å². The number of carbonyl (C=O) groups excluding carboxylic acids is 2. The lowest BCUT2D eigenvalue weighted by molar-refractivity contribution is -0.118. The van der Waals surface area contributed by atoms with Crippen molar-refractivity contribution in [3.63, 3.8) is 0 Å². The number of carbonyl (C=O) groups is 2. The van der Waals surface area contributed by atoms with Crippen LogP contribution >= 0.6 is 6.72 Å². The van der Waals surface area contributed by atoms with Crippen LogP contribution in [0.3, 0.4) is 0 Å². The highest BCUT2D eigenvalue weighted by atomic mass is 32.5. The molecule has 3 fully saturated rings. The zero-order valence-electron chi connectivity index (χ0n) is 32.9. The normalized spacial score (nSPS) is 28.7. The minimum atomic E-state index is -4.78. The zero-order chi connectivity index (χ0) is 43.9. The molecule has 7 heterocycles. The predicted molar refractivity (Wildman–Crippen MR) is 218 cm³/mol. The number of halogens is 1. The van der Waals surface area contributed by atoms with Crippen molar-refractivity contribution in [1.29, 1.82) is 0 Å². The zero-order valence-corrected chi connectivity index (χ0v) is 35.4. The van der Waals surface area contributed by atoms with Crippen molar-refractivity contribution in [2.75, 3.05) is 36.9 Å². The van der Waals surface area contributed by atoms with Gasteiger partial charge in [0.05, 0.1) is 19.3 Å². The molecule has 0 bridgehead atoms. The third-order valence-corrected chi connectivity index (χ3v) is 13.4. The van der Waals surface area contributed by atoms with Gasteiger partial charge in [-0.3, -0.25) is 33.8 Å². The van der Waals surface area contributed by atoms with Gasteiger partial charge in [-0.15, -0.1) is 0 Å². The molecule has 3 aliphatic rings. The van der Waals surface area contributed by atoms with Crippen LogP contribution in [0.5, 0.6) is 0 Å². The summed E-state index contributed by atoms with van der Waals surface area (Å²) >= 11 is 5.85. The van der Waals surface area contributed by atoms with Gasteiger partial charge in [0, 0.05) is 23.9 Å². The van der Waals surface area contributed by atoms with Crippen LogP contribution in [-0.4, -0.2) is 116 Å². The van der Waals surface area contributed by atoms with Gasteiger partial charge in [0.2, 0.25) is 18.4 Å². The highest BCUT2D eigenvalue weighted by molar-refractivity contribution is 8.07. The molecular formula is C35H38FN12O11PS2. The fraction of sp³-hybridized carbons (Fsp3) is 0.457. The number of benzene rings is 1. The molecule has 1 aromatic carbocycles. The average Bonchev–Trinajstić information content (AvgIpc) is 4.01. The number of nitrogens with one attached hydrogen (secondary N) is 4. The quantitative estimate of drug-likeness (QED) is 0.0939. The summed E-state index contributed by atoms with van der Waals surface area (Å²) in [6, 6.07) is 8.50. The van der Waals surface area contributed by atoms with Crippen LogP contribution in [-0.2, 0) is 54.1 Å². The summed E-state index contributed by atoms with van der Waals surface area (Å²) in [5.41, 5.74) is -0.258. The van der Waals surface area contributed by atoms with Gasteiger partial charge in [-0.1, -0.05) is 39.0 Å². The number of nitrogens with zero attached hydrogens (tertiary/aromatic N) is 8. The van der Waals surface area contributed by atoms with E-state index in [4.69, 9.17) is 45.6 Å². The Labute approximate surface area is 356 Å². The highest BCUT2D eigenvalue weighted by Gasteiger charge is 2.53. The number of imidazole rings is 2. The largest absolute Gasteiger partial charge is 0.350 e. The minimum Gasteiger partial charge on any atom is -0.350 e. The molecule has 27 heteroatoms. The van der Waals surface area contributed by atoms with Gasteiger partial charge < -0.3 is 33.2 Å². The van der Waals surface area contributed by atoms with Crippen LogP contribution in [0.4, 0.5) is 16.2 Å². The Bertz CT molecular complexity index is 2770. The van der Waals surface area contributed by atoms with Gasteiger partial charge in [-0.05, 0) is 23.9 Å². The van der Waals surface area contributed by atoms with E-state index in [1.54, 1.807) is 55.7 Å². The topological polar surface area (TPSA) is 271 Å². The van der Waals surface area contributed by atoms with Crippen molar-refractivity contribution in [3.8, 4) is 0 Å². The maximum atomic E-state index is 16.6. The second-order valence-electron chi connectivity index (χ2n) is 14.6.